The van der Waals surface area contributed by atoms with E-state index in [1.165, 1.54) is 13.2 Å². The summed E-state index contributed by atoms with van der Waals surface area (Å²) in [7, 11) is 1.32. The first-order chi connectivity index (χ1) is 9.06. The molecule has 0 spiro atoms. The lowest BCUT2D eigenvalue weighted by Gasteiger charge is -2.03. The Kier molecular flexibility index (Phi) is 5.81. The Bertz CT molecular complexity index is 548. The summed E-state index contributed by atoms with van der Waals surface area (Å²) in [5.41, 5.74) is 2.06. The zero-order chi connectivity index (χ0) is 14.3. The Morgan fingerprint density at radius 2 is 2.21 bits per heavy atom. The molecule has 1 aromatic rings. The van der Waals surface area contributed by atoms with Gasteiger partial charge in [0.25, 0.3) is 0 Å². The Labute approximate surface area is 113 Å². The van der Waals surface area contributed by atoms with Crippen LogP contribution in [0.4, 0.5) is 4.39 Å². The molecule has 0 bridgehead atoms. The first-order valence-electron chi connectivity index (χ1n) is 6.07. The summed E-state index contributed by atoms with van der Waals surface area (Å²) in [5.74, 6) is 5.13. The van der Waals surface area contributed by atoms with Crippen molar-refractivity contribution in [2.24, 2.45) is 0 Å². The van der Waals surface area contributed by atoms with Crippen molar-refractivity contribution in [2.45, 2.75) is 26.7 Å². The molecular weight excluding hydrogens is 243 g/mol. The summed E-state index contributed by atoms with van der Waals surface area (Å²) in [6, 6.07) is 4.81. The highest BCUT2D eigenvalue weighted by molar-refractivity contribution is 5.69. The van der Waals surface area contributed by atoms with Crippen LogP contribution in [0.3, 0.4) is 0 Å². The molecule has 1 rings (SSSR count). The average Bonchev–Trinajstić information content (AvgIpc) is 2.43. The van der Waals surface area contributed by atoms with Crippen molar-refractivity contribution in [2.75, 3.05) is 7.11 Å². The third-order valence-corrected chi connectivity index (χ3v) is 2.72. The minimum absolute atomic E-state index is 0.177. The zero-order valence-corrected chi connectivity index (χ0v) is 11.4. The monoisotopic (exact) mass is 260 g/mol. The predicted octanol–water partition coefficient (Wildman–Crippen LogP) is 3.25. The summed E-state index contributed by atoms with van der Waals surface area (Å²) in [6.07, 6.45) is 2.41. The number of benzene rings is 1. The number of esters is 1. The molecule has 0 saturated carbocycles. The molecule has 0 saturated heterocycles. The van der Waals surface area contributed by atoms with Crippen molar-refractivity contribution in [3.8, 4) is 11.8 Å². The molecule has 0 radical (unpaired) electrons. The third kappa shape index (κ3) is 4.97. The largest absolute Gasteiger partial charge is 0.469 e. The summed E-state index contributed by atoms with van der Waals surface area (Å²) in [5, 5.41) is 0. The first-order valence-corrected chi connectivity index (χ1v) is 6.07. The first kappa shape index (κ1) is 15.0. The molecule has 100 valence electrons. The fourth-order valence-corrected chi connectivity index (χ4v) is 1.41. The lowest BCUT2D eigenvalue weighted by Crippen LogP contribution is -2.03. The average molecular weight is 260 g/mol. The normalized spacial score (nSPS) is 10.6. The van der Waals surface area contributed by atoms with Gasteiger partial charge < -0.3 is 4.74 Å². The second kappa shape index (κ2) is 7.38. The van der Waals surface area contributed by atoms with Crippen molar-refractivity contribution in [3.63, 3.8) is 0 Å². The van der Waals surface area contributed by atoms with Gasteiger partial charge in [0.2, 0.25) is 0 Å². The van der Waals surface area contributed by atoms with Gasteiger partial charge in [-0.1, -0.05) is 24.0 Å². The maximum atomic E-state index is 13.8. The van der Waals surface area contributed by atoms with Crippen LogP contribution in [0, 0.1) is 17.7 Å². The molecule has 0 aromatic heterocycles. The maximum absolute atomic E-state index is 13.8. The number of carbonyl (C=O) groups is 1. The molecule has 0 amide bonds. The zero-order valence-electron chi connectivity index (χ0n) is 11.4. The van der Waals surface area contributed by atoms with Gasteiger partial charge in [-0.25, -0.2) is 4.39 Å². The van der Waals surface area contributed by atoms with E-state index in [0.717, 1.165) is 5.57 Å². The van der Waals surface area contributed by atoms with Crippen molar-refractivity contribution in [1.29, 1.82) is 0 Å². The van der Waals surface area contributed by atoms with Crippen LogP contribution in [0.5, 0.6) is 0 Å². The highest BCUT2D eigenvalue weighted by atomic mass is 19.1. The van der Waals surface area contributed by atoms with E-state index in [0.29, 0.717) is 17.5 Å². The van der Waals surface area contributed by atoms with E-state index < -0.39 is 0 Å². The van der Waals surface area contributed by atoms with Crippen LogP contribution in [-0.2, 0) is 16.0 Å². The number of carbonyl (C=O) groups excluding carboxylic acids is 1. The van der Waals surface area contributed by atoms with Gasteiger partial charge in [0.1, 0.15) is 5.82 Å². The molecule has 0 atom stereocenters. The topological polar surface area (TPSA) is 26.3 Å². The lowest BCUT2D eigenvalue weighted by atomic mass is 10.1. The van der Waals surface area contributed by atoms with Crippen LogP contribution in [-0.4, -0.2) is 13.1 Å². The minimum atomic E-state index is -0.341. The fourth-order valence-electron chi connectivity index (χ4n) is 1.41. The Morgan fingerprint density at radius 1 is 1.47 bits per heavy atom. The molecule has 3 heteroatoms. The van der Waals surface area contributed by atoms with Gasteiger partial charge in [0.05, 0.1) is 7.11 Å². The van der Waals surface area contributed by atoms with E-state index >= 15 is 0 Å². The number of allylic oxidation sites excluding steroid dienone is 2. The van der Waals surface area contributed by atoms with E-state index in [4.69, 9.17) is 0 Å². The van der Waals surface area contributed by atoms with Crippen LogP contribution in [0.2, 0.25) is 0 Å². The summed E-state index contributed by atoms with van der Waals surface area (Å²) >= 11 is 0. The van der Waals surface area contributed by atoms with Gasteiger partial charge in [0, 0.05) is 12.0 Å². The molecule has 0 unspecified atom stereocenters. The molecule has 0 N–H and O–H groups in total. The van der Waals surface area contributed by atoms with E-state index in [1.807, 2.05) is 19.9 Å². The highest BCUT2D eigenvalue weighted by Gasteiger charge is 2.06. The van der Waals surface area contributed by atoms with Crippen LogP contribution < -0.4 is 0 Å². The van der Waals surface area contributed by atoms with Crippen molar-refractivity contribution in [3.05, 3.63) is 46.8 Å². The Morgan fingerprint density at radius 3 is 2.79 bits per heavy atom. The highest BCUT2D eigenvalue weighted by Crippen LogP contribution is 2.12. The predicted molar refractivity (Wildman–Crippen MR) is 73.0 cm³/mol. The van der Waals surface area contributed by atoms with Gasteiger partial charge in [0.15, 0.2) is 0 Å². The van der Waals surface area contributed by atoms with Gasteiger partial charge >= 0.3 is 5.97 Å². The summed E-state index contributed by atoms with van der Waals surface area (Å²) < 4.78 is 18.3. The fraction of sp³-hybridized carbons (Fsp3) is 0.312. The standard InChI is InChI=1S/C16H17FO2/c1-4-12(2)5-6-13-7-8-14(15(17)11-13)9-10-16(18)19-3/h4,7-8,11H,9-10H2,1-3H3. The molecule has 0 heterocycles. The SMILES string of the molecule is CC=C(C)C#Cc1ccc(CCC(=O)OC)c(F)c1. The van der Waals surface area contributed by atoms with E-state index in [2.05, 4.69) is 16.6 Å². The molecule has 0 aliphatic heterocycles. The summed E-state index contributed by atoms with van der Waals surface area (Å²) in [6.45, 7) is 3.80. The molecule has 2 nitrogen and oxygen atoms in total. The van der Waals surface area contributed by atoms with E-state index in [-0.39, 0.29) is 18.2 Å². The van der Waals surface area contributed by atoms with Gasteiger partial charge in [-0.3, -0.25) is 4.79 Å². The minimum Gasteiger partial charge on any atom is -0.469 e. The van der Waals surface area contributed by atoms with Crippen molar-refractivity contribution < 1.29 is 13.9 Å². The number of rotatable bonds is 3. The number of halogens is 1. The second-order valence-corrected chi connectivity index (χ2v) is 4.10. The van der Waals surface area contributed by atoms with Crippen molar-refractivity contribution in [1.82, 2.24) is 0 Å². The maximum Gasteiger partial charge on any atom is 0.305 e. The van der Waals surface area contributed by atoms with Gasteiger partial charge in [-0.05, 0) is 43.5 Å². The molecule has 1 aromatic carbocycles. The van der Waals surface area contributed by atoms with E-state index in [1.54, 1.807) is 12.1 Å². The molecule has 0 aliphatic carbocycles. The summed E-state index contributed by atoms with van der Waals surface area (Å²) in [4.78, 5) is 11.0. The number of ether oxygens (including phenoxy) is 1. The molecule has 0 fully saturated rings. The molecular formula is C16H17FO2. The quantitative estimate of drug-likeness (QED) is 0.616. The van der Waals surface area contributed by atoms with Crippen LogP contribution in [0.25, 0.3) is 0 Å². The van der Waals surface area contributed by atoms with E-state index in [9.17, 15) is 9.18 Å². The number of methoxy groups -OCH3 is 1. The molecule has 19 heavy (non-hydrogen) atoms. The molecule has 0 aliphatic rings. The number of hydrogen-bond acceptors (Lipinski definition) is 2. The van der Waals surface area contributed by atoms with Crippen LogP contribution >= 0.6 is 0 Å². The Hall–Kier alpha value is -2.08. The second-order valence-electron chi connectivity index (χ2n) is 4.10. The lowest BCUT2D eigenvalue weighted by molar-refractivity contribution is -0.140. The Balaban J connectivity index is 2.79. The van der Waals surface area contributed by atoms with Crippen LogP contribution in [0.1, 0.15) is 31.4 Å². The van der Waals surface area contributed by atoms with Crippen molar-refractivity contribution >= 4 is 5.97 Å². The van der Waals surface area contributed by atoms with Gasteiger partial charge in [-0.15, -0.1) is 0 Å². The smallest absolute Gasteiger partial charge is 0.305 e. The number of aryl methyl sites for hydroxylation is 1. The van der Waals surface area contributed by atoms with Gasteiger partial charge in [-0.2, -0.15) is 0 Å². The van der Waals surface area contributed by atoms with Crippen LogP contribution in [0.15, 0.2) is 29.8 Å². The third-order valence-electron chi connectivity index (χ3n) is 2.72. The number of hydrogen-bond donors (Lipinski definition) is 0.